The molecule has 9 heavy (non-hydrogen) atoms. The predicted molar refractivity (Wildman–Crippen MR) is 48.7 cm³/mol. The van der Waals surface area contributed by atoms with Gasteiger partial charge < -0.3 is 5.73 Å². The van der Waals surface area contributed by atoms with Crippen molar-refractivity contribution >= 4 is 8.80 Å². The minimum Gasteiger partial charge on any atom is -0.330 e. The average molecular weight is 147 g/mol. The fourth-order valence-corrected chi connectivity index (χ4v) is 0.204. The first-order chi connectivity index (χ1) is 4.15. The van der Waals surface area contributed by atoms with Crippen molar-refractivity contribution in [2.45, 2.75) is 39.4 Å². The summed E-state index contributed by atoms with van der Waals surface area (Å²) < 4.78 is 0. The van der Waals surface area contributed by atoms with Gasteiger partial charge >= 0.3 is 0 Å². The Kier molecular flexibility index (Phi) is 14.6. The van der Waals surface area contributed by atoms with Crippen LogP contribution < -0.4 is 5.73 Å². The first-order valence-corrected chi connectivity index (χ1v) is 7.31. The van der Waals surface area contributed by atoms with Crippen molar-refractivity contribution in [1.82, 2.24) is 0 Å². The lowest BCUT2D eigenvalue weighted by Crippen LogP contribution is -1.95. The summed E-state index contributed by atoms with van der Waals surface area (Å²) in [6.45, 7) is 9.89. The molecule has 2 N–H and O–H groups in total. The first-order valence-electron chi connectivity index (χ1n) is 3.85. The molecule has 0 aromatic carbocycles. The van der Waals surface area contributed by atoms with Crippen LogP contribution in [0.3, 0.4) is 0 Å². The topological polar surface area (TPSA) is 26.0 Å². The number of unbranched alkanes of at least 4 members (excludes halogenated alkanes) is 1. The van der Waals surface area contributed by atoms with Crippen LogP contribution in [0.1, 0.15) is 19.8 Å². The summed E-state index contributed by atoms with van der Waals surface area (Å²) in [6.07, 6.45) is 2.39. The van der Waals surface area contributed by atoms with Crippen LogP contribution in [0.4, 0.5) is 0 Å². The largest absolute Gasteiger partial charge is 0.330 e. The monoisotopic (exact) mass is 147 g/mol. The van der Waals surface area contributed by atoms with E-state index in [-0.39, 0.29) is 8.80 Å². The van der Waals surface area contributed by atoms with Crippen molar-refractivity contribution in [1.29, 1.82) is 0 Å². The third kappa shape index (κ3) is 65.8. The summed E-state index contributed by atoms with van der Waals surface area (Å²) in [5.41, 5.74) is 5.14. The van der Waals surface area contributed by atoms with Gasteiger partial charge in [0, 0.05) is 8.80 Å². The SMILES string of the molecule is CCCCN.C[SiH](C)C. The van der Waals surface area contributed by atoms with E-state index in [0.29, 0.717) is 0 Å². The van der Waals surface area contributed by atoms with Crippen molar-refractivity contribution < 1.29 is 0 Å². The molecule has 0 amide bonds. The second-order valence-electron chi connectivity index (χ2n) is 2.87. The normalized spacial score (nSPS) is 8.67. The van der Waals surface area contributed by atoms with E-state index in [1.165, 1.54) is 12.8 Å². The fourth-order valence-electron chi connectivity index (χ4n) is 0.204. The summed E-state index contributed by atoms with van der Waals surface area (Å²) in [4.78, 5) is 0. The highest BCUT2D eigenvalue weighted by Gasteiger charge is 1.71. The number of hydrogen-bond acceptors (Lipinski definition) is 1. The third-order valence-corrected chi connectivity index (χ3v) is 0.558. The van der Waals surface area contributed by atoms with Gasteiger partial charge in [0.15, 0.2) is 0 Å². The summed E-state index contributed by atoms with van der Waals surface area (Å²) in [6, 6.07) is 0. The Hall–Kier alpha value is 0.177. The van der Waals surface area contributed by atoms with Crippen molar-refractivity contribution in [2.24, 2.45) is 5.73 Å². The number of nitrogens with two attached hydrogens (primary N) is 1. The van der Waals surface area contributed by atoms with Gasteiger partial charge in [-0.2, -0.15) is 0 Å². The molecule has 0 aliphatic carbocycles. The molecule has 0 spiro atoms. The van der Waals surface area contributed by atoms with Crippen LogP contribution in [0.25, 0.3) is 0 Å². The Balaban J connectivity index is 0. The Morgan fingerprint density at radius 2 is 1.56 bits per heavy atom. The molecule has 0 saturated heterocycles. The van der Waals surface area contributed by atoms with E-state index in [4.69, 9.17) is 5.73 Å². The Morgan fingerprint density at radius 1 is 1.22 bits per heavy atom. The quantitative estimate of drug-likeness (QED) is 0.593. The van der Waals surface area contributed by atoms with Gasteiger partial charge in [-0.1, -0.05) is 33.0 Å². The lowest BCUT2D eigenvalue weighted by atomic mass is 10.3. The Bertz CT molecular complexity index is 33.1. The molecule has 0 aliphatic rings. The van der Waals surface area contributed by atoms with Crippen LogP contribution in [0.15, 0.2) is 0 Å². The van der Waals surface area contributed by atoms with Gasteiger partial charge in [0.1, 0.15) is 0 Å². The van der Waals surface area contributed by atoms with Crippen LogP contribution >= 0.6 is 0 Å². The van der Waals surface area contributed by atoms with E-state index < -0.39 is 0 Å². The number of rotatable bonds is 2. The lowest BCUT2D eigenvalue weighted by molar-refractivity contribution is 0.807. The maximum Gasteiger partial charge on any atom is 0.0274 e. The molecule has 0 heterocycles. The molecule has 0 aromatic rings. The highest BCUT2D eigenvalue weighted by Crippen LogP contribution is 1.77. The average Bonchev–Trinajstić information content (AvgIpc) is 1.66. The number of hydrogen-bond donors (Lipinski definition) is 1. The highest BCUT2D eigenvalue weighted by atomic mass is 28.3. The van der Waals surface area contributed by atoms with Crippen molar-refractivity contribution in [3.63, 3.8) is 0 Å². The smallest absolute Gasteiger partial charge is 0.0274 e. The summed E-state index contributed by atoms with van der Waals surface area (Å²) in [7, 11) is -0.139. The summed E-state index contributed by atoms with van der Waals surface area (Å²) >= 11 is 0. The van der Waals surface area contributed by atoms with Crippen LogP contribution in [-0.4, -0.2) is 15.3 Å². The maximum absolute atomic E-state index is 5.14. The Labute approximate surface area is 61.3 Å². The first kappa shape index (κ1) is 11.9. The molecular formula is C7H21NSi. The summed E-state index contributed by atoms with van der Waals surface area (Å²) in [5.74, 6) is 0. The van der Waals surface area contributed by atoms with E-state index in [1.54, 1.807) is 0 Å². The van der Waals surface area contributed by atoms with Crippen molar-refractivity contribution in [2.75, 3.05) is 6.54 Å². The van der Waals surface area contributed by atoms with E-state index in [1.807, 2.05) is 0 Å². The van der Waals surface area contributed by atoms with Crippen LogP contribution in [0.2, 0.25) is 19.6 Å². The van der Waals surface area contributed by atoms with Gasteiger partial charge in [-0.15, -0.1) is 0 Å². The lowest BCUT2D eigenvalue weighted by Gasteiger charge is -1.80. The molecule has 0 bridgehead atoms. The molecule has 0 unspecified atom stereocenters. The van der Waals surface area contributed by atoms with E-state index in [2.05, 4.69) is 26.6 Å². The van der Waals surface area contributed by atoms with Crippen molar-refractivity contribution in [3.8, 4) is 0 Å². The molecule has 0 saturated carbocycles. The maximum atomic E-state index is 5.14. The minimum absolute atomic E-state index is 0.139. The minimum atomic E-state index is -0.139. The molecule has 0 rings (SSSR count). The molecule has 0 aliphatic heterocycles. The van der Waals surface area contributed by atoms with Crippen LogP contribution in [-0.2, 0) is 0 Å². The molecule has 0 atom stereocenters. The molecule has 0 aromatic heterocycles. The van der Waals surface area contributed by atoms with Crippen LogP contribution in [0.5, 0.6) is 0 Å². The zero-order chi connectivity index (χ0) is 7.70. The molecule has 0 radical (unpaired) electrons. The second-order valence-corrected chi connectivity index (χ2v) is 6.34. The fraction of sp³-hybridized carbons (Fsp3) is 1.00. The molecule has 2 heteroatoms. The van der Waals surface area contributed by atoms with Gasteiger partial charge in [-0.3, -0.25) is 0 Å². The zero-order valence-corrected chi connectivity index (χ0v) is 8.43. The van der Waals surface area contributed by atoms with Crippen LogP contribution in [0, 0.1) is 0 Å². The summed E-state index contributed by atoms with van der Waals surface area (Å²) in [5, 5.41) is 0. The highest BCUT2D eigenvalue weighted by molar-refractivity contribution is 6.54. The third-order valence-electron chi connectivity index (χ3n) is 0.558. The van der Waals surface area contributed by atoms with Crippen molar-refractivity contribution in [3.05, 3.63) is 0 Å². The van der Waals surface area contributed by atoms with Gasteiger partial charge in [-0.05, 0) is 13.0 Å². The Morgan fingerprint density at radius 3 is 1.56 bits per heavy atom. The van der Waals surface area contributed by atoms with Gasteiger partial charge in [-0.25, -0.2) is 0 Å². The van der Waals surface area contributed by atoms with Gasteiger partial charge in [0.25, 0.3) is 0 Å². The van der Waals surface area contributed by atoms with Gasteiger partial charge in [0.05, 0.1) is 0 Å². The zero-order valence-electron chi connectivity index (χ0n) is 7.28. The molecule has 1 nitrogen and oxygen atoms in total. The standard InChI is InChI=1S/C4H11N.C3H10Si/c1-2-3-4-5;1-4(2)3/h2-5H2,1H3;4H,1-3H3. The van der Waals surface area contributed by atoms with E-state index in [9.17, 15) is 0 Å². The molecular weight excluding hydrogens is 126 g/mol. The molecule has 58 valence electrons. The second kappa shape index (κ2) is 11.0. The molecule has 0 fully saturated rings. The predicted octanol–water partition coefficient (Wildman–Crippen LogP) is 1.85. The van der Waals surface area contributed by atoms with E-state index in [0.717, 1.165) is 6.54 Å². The van der Waals surface area contributed by atoms with E-state index >= 15 is 0 Å². The van der Waals surface area contributed by atoms with Gasteiger partial charge in [0.2, 0.25) is 0 Å².